The fourth-order valence-electron chi connectivity index (χ4n) is 2.65. The molecule has 136 valence electrons. The van der Waals surface area contributed by atoms with Gasteiger partial charge in [0.25, 0.3) is 0 Å². The van der Waals surface area contributed by atoms with Crippen molar-refractivity contribution < 1.29 is 9.21 Å². The lowest BCUT2D eigenvalue weighted by Gasteiger charge is -2.25. The van der Waals surface area contributed by atoms with Crippen LogP contribution in [-0.2, 0) is 11.2 Å². The lowest BCUT2D eigenvalue weighted by atomic mass is 10.1. The number of carbonyl (C=O) groups is 1. The minimum absolute atomic E-state index is 0.0249. The van der Waals surface area contributed by atoms with Crippen LogP contribution < -0.4 is 5.32 Å². The van der Waals surface area contributed by atoms with Gasteiger partial charge in [0.15, 0.2) is 0 Å². The summed E-state index contributed by atoms with van der Waals surface area (Å²) in [6, 6.07) is 12.2. The number of likely N-dealkylation sites (N-methyl/N-ethyl adjacent to an activating group) is 1. The van der Waals surface area contributed by atoms with Gasteiger partial charge < -0.3 is 14.6 Å². The van der Waals surface area contributed by atoms with E-state index in [1.165, 1.54) is 5.56 Å². The van der Waals surface area contributed by atoms with Gasteiger partial charge in [0.1, 0.15) is 0 Å². The van der Waals surface area contributed by atoms with Gasteiger partial charge in [-0.25, -0.2) is 0 Å². The van der Waals surface area contributed by atoms with E-state index in [1.807, 2.05) is 49.1 Å². The molecule has 2 heterocycles. The number of aromatic nitrogens is 2. The van der Waals surface area contributed by atoms with Crippen LogP contribution in [0.1, 0.15) is 23.9 Å². The second-order valence-corrected chi connectivity index (χ2v) is 6.99. The molecule has 0 radical (unpaired) electrons. The third-order valence-corrected chi connectivity index (χ3v) is 4.78. The summed E-state index contributed by atoms with van der Waals surface area (Å²) in [6.07, 6.45) is 0.751. The van der Waals surface area contributed by atoms with Gasteiger partial charge >= 0.3 is 0 Å². The molecule has 1 aromatic carbocycles. The summed E-state index contributed by atoms with van der Waals surface area (Å²) in [7, 11) is 4.02. The zero-order chi connectivity index (χ0) is 18.4. The number of thiophene rings is 1. The van der Waals surface area contributed by atoms with Crippen LogP contribution in [0.5, 0.6) is 0 Å². The standard InChI is InChI=1S/C19H22N4O2S/c1-23(2)16(14-6-4-3-5-7-14)12-20-17(24)8-9-18-21-22-19(25-18)15-10-11-26-13-15/h3-7,10-11,13,16H,8-9,12H2,1-2H3,(H,20,24). The quantitative estimate of drug-likeness (QED) is 0.659. The summed E-state index contributed by atoms with van der Waals surface area (Å²) in [6.45, 7) is 0.555. The van der Waals surface area contributed by atoms with Crippen LogP contribution in [0.25, 0.3) is 11.5 Å². The monoisotopic (exact) mass is 370 g/mol. The Labute approximate surface area is 156 Å². The molecule has 1 N–H and O–H groups in total. The zero-order valence-corrected chi connectivity index (χ0v) is 15.7. The summed E-state index contributed by atoms with van der Waals surface area (Å²) in [5.41, 5.74) is 2.09. The Hall–Kier alpha value is -2.51. The van der Waals surface area contributed by atoms with Gasteiger partial charge in [-0.1, -0.05) is 30.3 Å². The van der Waals surface area contributed by atoms with Crippen molar-refractivity contribution in [3.63, 3.8) is 0 Å². The van der Waals surface area contributed by atoms with Crippen LogP contribution in [0.3, 0.4) is 0 Å². The molecule has 1 amide bonds. The maximum absolute atomic E-state index is 12.2. The highest BCUT2D eigenvalue weighted by atomic mass is 32.1. The van der Waals surface area contributed by atoms with E-state index in [4.69, 9.17) is 4.42 Å². The average Bonchev–Trinajstić information content (AvgIpc) is 3.32. The first-order valence-corrected chi connectivity index (χ1v) is 9.41. The molecular weight excluding hydrogens is 348 g/mol. The van der Waals surface area contributed by atoms with Crippen LogP contribution >= 0.6 is 11.3 Å². The first kappa shape index (κ1) is 18.3. The van der Waals surface area contributed by atoms with E-state index >= 15 is 0 Å². The van der Waals surface area contributed by atoms with Crippen molar-refractivity contribution in [3.8, 4) is 11.5 Å². The number of hydrogen-bond donors (Lipinski definition) is 1. The van der Waals surface area contributed by atoms with Gasteiger partial charge in [0.2, 0.25) is 17.7 Å². The van der Waals surface area contributed by atoms with Gasteiger partial charge in [0, 0.05) is 30.3 Å². The molecule has 0 spiro atoms. The molecule has 0 saturated carbocycles. The van der Waals surface area contributed by atoms with Crippen molar-refractivity contribution in [1.29, 1.82) is 0 Å². The van der Waals surface area contributed by atoms with Crippen molar-refractivity contribution in [2.24, 2.45) is 0 Å². The van der Waals surface area contributed by atoms with E-state index in [0.29, 0.717) is 31.2 Å². The number of benzene rings is 1. The molecule has 0 aliphatic heterocycles. The van der Waals surface area contributed by atoms with E-state index in [-0.39, 0.29) is 11.9 Å². The highest BCUT2D eigenvalue weighted by Gasteiger charge is 2.16. The maximum Gasteiger partial charge on any atom is 0.248 e. The van der Waals surface area contributed by atoms with Crippen molar-refractivity contribution in [2.75, 3.05) is 20.6 Å². The Morgan fingerprint density at radius 3 is 2.73 bits per heavy atom. The normalized spacial score (nSPS) is 12.3. The van der Waals surface area contributed by atoms with Crippen molar-refractivity contribution in [1.82, 2.24) is 20.4 Å². The van der Waals surface area contributed by atoms with E-state index in [1.54, 1.807) is 11.3 Å². The van der Waals surface area contributed by atoms with Gasteiger partial charge in [0.05, 0.1) is 6.04 Å². The predicted octanol–water partition coefficient (Wildman–Crippen LogP) is 3.15. The summed E-state index contributed by atoms with van der Waals surface area (Å²) in [4.78, 5) is 14.3. The molecule has 2 aromatic heterocycles. The summed E-state index contributed by atoms with van der Waals surface area (Å²) >= 11 is 1.58. The van der Waals surface area contributed by atoms with Crippen LogP contribution in [0.4, 0.5) is 0 Å². The molecule has 1 atom stereocenters. The number of rotatable bonds is 8. The second-order valence-electron chi connectivity index (χ2n) is 6.21. The molecule has 0 fully saturated rings. The van der Waals surface area contributed by atoms with E-state index in [0.717, 1.165) is 5.56 Å². The number of nitrogens with one attached hydrogen (secondary N) is 1. The number of hydrogen-bond acceptors (Lipinski definition) is 6. The Bertz CT molecular complexity index is 815. The summed E-state index contributed by atoms with van der Waals surface area (Å²) < 4.78 is 5.61. The Morgan fingerprint density at radius 2 is 2.04 bits per heavy atom. The third-order valence-electron chi connectivity index (χ3n) is 4.10. The molecule has 3 rings (SSSR count). The Balaban J connectivity index is 1.49. The molecule has 0 saturated heterocycles. The van der Waals surface area contributed by atoms with Gasteiger partial charge in [-0.3, -0.25) is 4.79 Å². The fourth-order valence-corrected chi connectivity index (χ4v) is 3.28. The summed E-state index contributed by atoms with van der Waals surface area (Å²) in [5.74, 6) is 0.954. The molecule has 6 nitrogen and oxygen atoms in total. The summed E-state index contributed by atoms with van der Waals surface area (Å²) in [5, 5.41) is 15.0. The van der Waals surface area contributed by atoms with Crippen molar-refractivity contribution >= 4 is 17.2 Å². The van der Waals surface area contributed by atoms with Crippen LogP contribution in [0.2, 0.25) is 0 Å². The van der Waals surface area contributed by atoms with E-state index in [9.17, 15) is 4.79 Å². The molecule has 0 aliphatic carbocycles. The Morgan fingerprint density at radius 1 is 1.23 bits per heavy atom. The van der Waals surface area contributed by atoms with Crippen LogP contribution in [-0.4, -0.2) is 41.6 Å². The first-order chi connectivity index (χ1) is 12.6. The van der Waals surface area contributed by atoms with Crippen LogP contribution in [0.15, 0.2) is 51.6 Å². The fraction of sp³-hybridized carbons (Fsp3) is 0.316. The topological polar surface area (TPSA) is 71.3 Å². The molecule has 0 aliphatic rings. The molecule has 3 aromatic rings. The highest BCUT2D eigenvalue weighted by molar-refractivity contribution is 7.08. The van der Waals surface area contributed by atoms with Gasteiger partial charge in [-0.15, -0.1) is 10.2 Å². The van der Waals surface area contributed by atoms with Crippen LogP contribution in [0, 0.1) is 0 Å². The number of aryl methyl sites for hydroxylation is 1. The molecule has 7 heteroatoms. The van der Waals surface area contributed by atoms with Crippen molar-refractivity contribution in [3.05, 3.63) is 58.6 Å². The minimum Gasteiger partial charge on any atom is -0.421 e. The molecule has 26 heavy (non-hydrogen) atoms. The van der Waals surface area contributed by atoms with E-state index in [2.05, 4.69) is 32.5 Å². The minimum atomic E-state index is -0.0249. The number of nitrogens with zero attached hydrogens (tertiary/aromatic N) is 3. The third kappa shape index (κ3) is 4.77. The molecule has 0 bridgehead atoms. The SMILES string of the molecule is CN(C)C(CNC(=O)CCc1nnc(-c2ccsc2)o1)c1ccccc1. The number of carbonyl (C=O) groups excluding carboxylic acids is 1. The number of amides is 1. The van der Waals surface area contributed by atoms with Crippen molar-refractivity contribution in [2.45, 2.75) is 18.9 Å². The van der Waals surface area contributed by atoms with E-state index < -0.39 is 0 Å². The first-order valence-electron chi connectivity index (χ1n) is 8.46. The largest absolute Gasteiger partial charge is 0.421 e. The second kappa shape index (κ2) is 8.73. The smallest absolute Gasteiger partial charge is 0.248 e. The maximum atomic E-state index is 12.2. The molecular formula is C19H22N4O2S. The Kier molecular flexibility index (Phi) is 6.14. The lowest BCUT2D eigenvalue weighted by molar-refractivity contribution is -0.121. The zero-order valence-electron chi connectivity index (χ0n) is 14.9. The van der Waals surface area contributed by atoms with Gasteiger partial charge in [-0.05, 0) is 31.1 Å². The van der Waals surface area contributed by atoms with Gasteiger partial charge in [-0.2, -0.15) is 11.3 Å². The molecule has 1 unspecified atom stereocenters. The highest BCUT2D eigenvalue weighted by Crippen LogP contribution is 2.21. The average molecular weight is 370 g/mol. The predicted molar refractivity (Wildman–Crippen MR) is 102 cm³/mol. The lowest BCUT2D eigenvalue weighted by Crippen LogP contribution is -2.34.